The molecule has 0 N–H and O–H groups in total. The van der Waals surface area contributed by atoms with Crippen LogP contribution in [-0.2, 0) is 0 Å². The molecule has 0 aliphatic heterocycles. The highest BCUT2D eigenvalue weighted by Crippen LogP contribution is 2.39. The van der Waals surface area contributed by atoms with Crippen molar-refractivity contribution in [3.63, 3.8) is 0 Å². The van der Waals surface area contributed by atoms with Crippen molar-refractivity contribution < 1.29 is 4.42 Å². The van der Waals surface area contributed by atoms with Gasteiger partial charge in [-0.05, 0) is 91.3 Å². The SMILES string of the molecule is c1ccc(-c2nc(-c3ccccc3)nc(-c3ccc(-c4ccc5c(c4)oc4cc(-c6ccc(-c7ccc8ccccc8c7)cc6)ccc45)c4ccccc34)n2)cc1. The van der Waals surface area contributed by atoms with Gasteiger partial charge in [-0.1, -0.05) is 164 Å². The summed E-state index contributed by atoms with van der Waals surface area (Å²) < 4.78 is 6.60. The van der Waals surface area contributed by atoms with Crippen LogP contribution >= 0.6 is 0 Å². The minimum absolute atomic E-state index is 0.636. The molecule has 266 valence electrons. The first-order valence-corrected chi connectivity index (χ1v) is 19.2. The van der Waals surface area contributed by atoms with E-state index in [1.807, 2.05) is 60.7 Å². The summed E-state index contributed by atoms with van der Waals surface area (Å²) in [5.74, 6) is 1.92. The van der Waals surface area contributed by atoms with Crippen LogP contribution in [0.15, 0.2) is 205 Å². The highest BCUT2D eigenvalue weighted by atomic mass is 16.3. The van der Waals surface area contributed by atoms with Gasteiger partial charge in [0.25, 0.3) is 0 Å². The average molecular weight is 728 g/mol. The van der Waals surface area contributed by atoms with Crippen LogP contribution in [0, 0.1) is 0 Å². The molecule has 0 amide bonds. The van der Waals surface area contributed by atoms with Crippen LogP contribution in [-0.4, -0.2) is 15.0 Å². The molecule has 11 aromatic rings. The summed E-state index contributed by atoms with van der Waals surface area (Å²) in [4.78, 5) is 15.0. The third-order valence-electron chi connectivity index (χ3n) is 10.9. The maximum atomic E-state index is 6.60. The Morgan fingerprint density at radius 3 is 1.37 bits per heavy atom. The molecule has 0 atom stereocenters. The van der Waals surface area contributed by atoms with E-state index in [0.29, 0.717) is 17.5 Å². The zero-order valence-corrected chi connectivity index (χ0v) is 30.8. The molecule has 57 heavy (non-hydrogen) atoms. The number of furan rings is 1. The molecule has 4 heteroatoms. The molecule has 0 saturated carbocycles. The molecule has 0 spiro atoms. The van der Waals surface area contributed by atoms with E-state index in [1.54, 1.807) is 0 Å². The van der Waals surface area contributed by atoms with Gasteiger partial charge >= 0.3 is 0 Å². The van der Waals surface area contributed by atoms with Crippen LogP contribution in [0.5, 0.6) is 0 Å². The van der Waals surface area contributed by atoms with Crippen molar-refractivity contribution in [1.29, 1.82) is 0 Å². The van der Waals surface area contributed by atoms with Crippen LogP contribution in [0.25, 0.3) is 111 Å². The summed E-state index contributed by atoms with van der Waals surface area (Å²) >= 11 is 0. The van der Waals surface area contributed by atoms with Crippen LogP contribution in [0.3, 0.4) is 0 Å². The first kappa shape index (κ1) is 32.7. The van der Waals surface area contributed by atoms with Crippen molar-refractivity contribution in [2.75, 3.05) is 0 Å². The maximum Gasteiger partial charge on any atom is 0.164 e. The van der Waals surface area contributed by atoms with Gasteiger partial charge in [0, 0.05) is 27.5 Å². The lowest BCUT2D eigenvalue weighted by Gasteiger charge is -2.13. The van der Waals surface area contributed by atoms with Gasteiger partial charge in [0.1, 0.15) is 11.2 Å². The number of nitrogens with zero attached hydrogens (tertiary/aromatic N) is 3. The van der Waals surface area contributed by atoms with E-state index in [2.05, 4.69) is 140 Å². The van der Waals surface area contributed by atoms with Crippen molar-refractivity contribution in [1.82, 2.24) is 15.0 Å². The predicted molar refractivity (Wildman–Crippen MR) is 235 cm³/mol. The van der Waals surface area contributed by atoms with Crippen LogP contribution in [0.1, 0.15) is 0 Å². The lowest BCUT2D eigenvalue weighted by molar-refractivity contribution is 0.669. The summed E-state index contributed by atoms with van der Waals surface area (Å²) in [7, 11) is 0. The van der Waals surface area contributed by atoms with Gasteiger partial charge in [-0.2, -0.15) is 0 Å². The fourth-order valence-electron chi connectivity index (χ4n) is 8.02. The third kappa shape index (κ3) is 5.92. The van der Waals surface area contributed by atoms with E-state index in [1.165, 1.54) is 21.9 Å². The fraction of sp³-hybridized carbons (Fsp3) is 0. The normalized spacial score (nSPS) is 11.5. The first-order chi connectivity index (χ1) is 28.2. The molecule has 0 bridgehead atoms. The Bertz CT molecular complexity index is 3220. The van der Waals surface area contributed by atoms with Gasteiger partial charge < -0.3 is 4.42 Å². The zero-order valence-electron chi connectivity index (χ0n) is 30.8. The standard InChI is InChI=1S/C53H33N3O/c1-3-12-37(13-4-1)51-54-52(38-14-5-2-6-15-38)56-53(55-51)48-30-29-43(44-17-9-10-18-45(44)48)42-26-28-47-46-27-25-41(32-49(46)57-50(47)33-42)36-21-19-35(20-22-36)40-24-23-34-11-7-8-16-39(34)31-40/h1-33H. The van der Waals surface area contributed by atoms with Crippen LogP contribution in [0.2, 0.25) is 0 Å². The second kappa shape index (κ2) is 13.6. The van der Waals surface area contributed by atoms with E-state index in [4.69, 9.17) is 19.4 Å². The smallest absolute Gasteiger partial charge is 0.164 e. The molecule has 0 aliphatic carbocycles. The highest BCUT2D eigenvalue weighted by molar-refractivity contribution is 6.09. The summed E-state index contributed by atoms with van der Waals surface area (Å²) in [6, 6.07) is 70.0. The van der Waals surface area contributed by atoms with Gasteiger partial charge in [-0.25, -0.2) is 15.0 Å². The Labute approximate surface area is 329 Å². The largest absolute Gasteiger partial charge is 0.456 e. The van der Waals surface area contributed by atoms with E-state index in [-0.39, 0.29) is 0 Å². The number of hydrogen-bond donors (Lipinski definition) is 0. The summed E-state index contributed by atoms with van der Waals surface area (Å²) in [5.41, 5.74) is 11.5. The Kier molecular flexibility index (Phi) is 7.78. The van der Waals surface area contributed by atoms with Crippen molar-refractivity contribution >= 4 is 43.5 Å². The molecule has 0 unspecified atom stereocenters. The summed E-state index contributed by atoms with van der Waals surface area (Å²) in [6.45, 7) is 0. The quantitative estimate of drug-likeness (QED) is 0.171. The number of rotatable bonds is 6. The molecule has 11 rings (SSSR count). The lowest BCUT2D eigenvalue weighted by atomic mass is 9.94. The van der Waals surface area contributed by atoms with Crippen molar-refractivity contribution in [3.05, 3.63) is 200 Å². The Balaban J connectivity index is 0.953. The molecule has 2 heterocycles. The van der Waals surface area contributed by atoms with Crippen molar-refractivity contribution in [3.8, 4) is 67.5 Å². The Hall–Kier alpha value is -7.69. The highest BCUT2D eigenvalue weighted by Gasteiger charge is 2.17. The molecule has 4 nitrogen and oxygen atoms in total. The second-order valence-electron chi connectivity index (χ2n) is 14.4. The van der Waals surface area contributed by atoms with Crippen LogP contribution < -0.4 is 0 Å². The zero-order chi connectivity index (χ0) is 37.7. The molecular weight excluding hydrogens is 695 g/mol. The van der Waals surface area contributed by atoms with Crippen LogP contribution in [0.4, 0.5) is 0 Å². The average Bonchev–Trinajstić information content (AvgIpc) is 3.66. The fourth-order valence-corrected chi connectivity index (χ4v) is 8.02. The number of hydrogen-bond acceptors (Lipinski definition) is 4. The van der Waals surface area contributed by atoms with Gasteiger partial charge in [0.15, 0.2) is 17.5 Å². The molecule has 2 aromatic heterocycles. The summed E-state index contributed by atoms with van der Waals surface area (Å²) in [6.07, 6.45) is 0. The lowest BCUT2D eigenvalue weighted by Crippen LogP contribution is -2.00. The van der Waals surface area contributed by atoms with Gasteiger partial charge in [0.05, 0.1) is 0 Å². The topological polar surface area (TPSA) is 51.8 Å². The van der Waals surface area contributed by atoms with E-state index >= 15 is 0 Å². The van der Waals surface area contributed by atoms with Crippen molar-refractivity contribution in [2.45, 2.75) is 0 Å². The minimum Gasteiger partial charge on any atom is -0.456 e. The minimum atomic E-state index is 0.636. The third-order valence-corrected chi connectivity index (χ3v) is 10.9. The Morgan fingerprint density at radius 1 is 0.263 bits per heavy atom. The monoisotopic (exact) mass is 727 g/mol. The Morgan fingerprint density at radius 2 is 0.719 bits per heavy atom. The maximum absolute atomic E-state index is 6.60. The molecule has 0 saturated heterocycles. The molecular formula is C53H33N3O. The number of fused-ring (bicyclic) bond motifs is 5. The summed E-state index contributed by atoms with van der Waals surface area (Å²) in [5, 5.41) is 6.88. The molecule has 0 radical (unpaired) electrons. The molecule has 0 fully saturated rings. The van der Waals surface area contributed by atoms with Gasteiger partial charge in [-0.15, -0.1) is 0 Å². The first-order valence-electron chi connectivity index (χ1n) is 19.2. The van der Waals surface area contributed by atoms with Gasteiger partial charge in [-0.3, -0.25) is 0 Å². The van der Waals surface area contributed by atoms with Crippen molar-refractivity contribution in [2.24, 2.45) is 0 Å². The predicted octanol–water partition coefficient (Wildman–Crippen LogP) is 14.1. The molecule has 9 aromatic carbocycles. The van der Waals surface area contributed by atoms with E-state index < -0.39 is 0 Å². The van der Waals surface area contributed by atoms with Gasteiger partial charge in [0.2, 0.25) is 0 Å². The van der Waals surface area contributed by atoms with E-state index in [9.17, 15) is 0 Å². The second-order valence-corrected chi connectivity index (χ2v) is 14.4. The van der Waals surface area contributed by atoms with E-state index in [0.717, 1.165) is 71.7 Å². The number of aromatic nitrogens is 3. The molecule has 0 aliphatic rings. The number of benzene rings is 9.